The number of likely N-dealkylation sites (N-methyl/N-ethyl adjacent to an activating group) is 1. The number of quaternary nitrogens is 1. The number of rotatable bonds is 7. The van der Waals surface area contributed by atoms with E-state index in [-0.39, 0.29) is 11.9 Å². The molecule has 0 bridgehead atoms. The number of hydrogen-bond donors (Lipinski definition) is 2. The van der Waals surface area contributed by atoms with Gasteiger partial charge >= 0.3 is 0 Å². The molecule has 26 heavy (non-hydrogen) atoms. The molecule has 0 saturated carbocycles. The predicted octanol–water partition coefficient (Wildman–Crippen LogP) is 2.49. The molecule has 0 radical (unpaired) electrons. The van der Waals surface area contributed by atoms with Crippen molar-refractivity contribution in [2.75, 3.05) is 20.6 Å². The average Bonchev–Trinajstić information content (AvgIpc) is 3.17. The van der Waals surface area contributed by atoms with Crippen LogP contribution in [0.1, 0.15) is 33.3 Å². The molecule has 2 aromatic carbocycles. The zero-order valence-electron chi connectivity index (χ0n) is 15.2. The number of carbonyl (C=O) groups excluding carboxylic acids is 1. The van der Waals surface area contributed by atoms with E-state index < -0.39 is 0 Å². The Labute approximate surface area is 154 Å². The van der Waals surface area contributed by atoms with E-state index in [1.807, 2.05) is 54.6 Å². The molecule has 3 rings (SSSR count). The van der Waals surface area contributed by atoms with Gasteiger partial charge in [0.1, 0.15) is 0 Å². The summed E-state index contributed by atoms with van der Waals surface area (Å²) in [7, 11) is 4.12. The van der Waals surface area contributed by atoms with E-state index in [1.54, 1.807) is 6.26 Å². The molecule has 0 aliphatic heterocycles. The minimum atomic E-state index is -0.0469. The molecule has 0 saturated heterocycles. The maximum absolute atomic E-state index is 12.8. The third kappa shape index (κ3) is 4.41. The van der Waals surface area contributed by atoms with Crippen LogP contribution in [0, 0.1) is 0 Å². The summed E-state index contributed by atoms with van der Waals surface area (Å²) in [6.07, 6.45) is 2.41. The van der Waals surface area contributed by atoms with Crippen LogP contribution in [0.4, 0.5) is 0 Å². The summed E-state index contributed by atoms with van der Waals surface area (Å²) in [4.78, 5) is 14.0. The molecule has 1 amide bonds. The zero-order chi connectivity index (χ0) is 18.4. The lowest BCUT2D eigenvalue weighted by molar-refractivity contribution is -0.891. The minimum absolute atomic E-state index is 0.0469. The lowest BCUT2D eigenvalue weighted by Gasteiger charge is -2.20. The van der Waals surface area contributed by atoms with Crippen LogP contribution < -0.4 is 10.2 Å². The molecule has 4 heteroatoms. The highest BCUT2D eigenvalue weighted by Crippen LogP contribution is 2.15. The number of benzene rings is 2. The number of hydrogen-bond acceptors (Lipinski definition) is 2. The van der Waals surface area contributed by atoms with E-state index in [2.05, 4.69) is 31.5 Å². The van der Waals surface area contributed by atoms with E-state index in [9.17, 15) is 4.79 Å². The second-order valence-corrected chi connectivity index (χ2v) is 6.67. The largest absolute Gasteiger partial charge is 0.463 e. The van der Waals surface area contributed by atoms with Gasteiger partial charge in [-0.05, 0) is 35.7 Å². The molecule has 2 N–H and O–H groups in total. The van der Waals surface area contributed by atoms with Crippen molar-refractivity contribution in [3.63, 3.8) is 0 Å². The van der Waals surface area contributed by atoms with Gasteiger partial charge in [0.05, 0.1) is 26.9 Å². The molecule has 1 atom stereocenters. The smallest absolute Gasteiger partial charge is 0.251 e. The standard InChI is InChI=1S/C22H24N2O2/c1-24(2)20(21-13-8-14-26-21)16-23-22(25)19-12-7-6-11-18(19)15-17-9-4-3-5-10-17/h3-14,20H,15-16H2,1-2H3,(H,23,25)/p+1/t20-/m1/s1. The van der Waals surface area contributed by atoms with Gasteiger partial charge in [-0.15, -0.1) is 0 Å². The Hall–Kier alpha value is -2.85. The molecular weight excluding hydrogens is 324 g/mol. The number of furan rings is 1. The molecule has 0 spiro atoms. The molecule has 1 aromatic heterocycles. The third-order valence-electron chi connectivity index (χ3n) is 4.55. The Morgan fingerprint density at radius 2 is 1.73 bits per heavy atom. The number of amides is 1. The summed E-state index contributed by atoms with van der Waals surface area (Å²) in [5.41, 5.74) is 2.95. The molecule has 0 unspecified atom stereocenters. The van der Waals surface area contributed by atoms with E-state index in [4.69, 9.17) is 4.42 Å². The van der Waals surface area contributed by atoms with Gasteiger partial charge in [0.2, 0.25) is 0 Å². The molecule has 4 nitrogen and oxygen atoms in total. The Bertz CT molecular complexity index is 826. The first-order chi connectivity index (χ1) is 12.6. The monoisotopic (exact) mass is 349 g/mol. The Morgan fingerprint density at radius 3 is 2.42 bits per heavy atom. The van der Waals surface area contributed by atoms with Crippen molar-refractivity contribution in [3.05, 3.63) is 95.4 Å². The normalized spacial score (nSPS) is 12.1. The van der Waals surface area contributed by atoms with Gasteiger partial charge in [0, 0.05) is 5.56 Å². The first kappa shape index (κ1) is 18.0. The highest BCUT2D eigenvalue weighted by molar-refractivity contribution is 5.95. The van der Waals surface area contributed by atoms with Gasteiger partial charge in [-0.3, -0.25) is 4.79 Å². The Morgan fingerprint density at radius 1 is 1.00 bits per heavy atom. The summed E-state index contributed by atoms with van der Waals surface area (Å²) in [5, 5.41) is 3.08. The molecule has 0 fully saturated rings. The summed E-state index contributed by atoms with van der Waals surface area (Å²) in [6.45, 7) is 0.522. The molecule has 3 aromatic rings. The molecule has 0 aliphatic carbocycles. The van der Waals surface area contributed by atoms with Crippen molar-refractivity contribution in [1.29, 1.82) is 0 Å². The molecule has 1 heterocycles. The van der Waals surface area contributed by atoms with Gasteiger partial charge in [0.25, 0.3) is 5.91 Å². The molecular formula is C22H25N2O2+. The van der Waals surface area contributed by atoms with Gasteiger partial charge in [0.15, 0.2) is 11.8 Å². The lowest BCUT2D eigenvalue weighted by Crippen LogP contribution is -3.07. The summed E-state index contributed by atoms with van der Waals surface area (Å²) in [6, 6.07) is 21.9. The van der Waals surface area contributed by atoms with Crippen LogP contribution in [0.15, 0.2) is 77.4 Å². The van der Waals surface area contributed by atoms with Crippen LogP contribution in [0.25, 0.3) is 0 Å². The quantitative estimate of drug-likeness (QED) is 0.688. The van der Waals surface area contributed by atoms with Crippen LogP contribution in [-0.2, 0) is 6.42 Å². The van der Waals surface area contributed by atoms with Crippen molar-refractivity contribution in [3.8, 4) is 0 Å². The van der Waals surface area contributed by atoms with Crippen LogP contribution in [-0.4, -0.2) is 26.5 Å². The fraction of sp³-hybridized carbons (Fsp3) is 0.227. The van der Waals surface area contributed by atoms with Crippen molar-refractivity contribution in [2.45, 2.75) is 12.5 Å². The van der Waals surface area contributed by atoms with Crippen LogP contribution in [0.2, 0.25) is 0 Å². The van der Waals surface area contributed by atoms with Crippen molar-refractivity contribution in [2.24, 2.45) is 0 Å². The zero-order valence-corrected chi connectivity index (χ0v) is 15.2. The number of nitrogens with one attached hydrogen (secondary N) is 2. The summed E-state index contributed by atoms with van der Waals surface area (Å²) < 4.78 is 5.53. The van der Waals surface area contributed by atoms with Crippen molar-refractivity contribution in [1.82, 2.24) is 5.32 Å². The van der Waals surface area contributed by atoms with Gasteiger partial charge in [-0.2, -0.15) is 0 Å². The second kappa shape index (κ2) is 8.50. The predicted molar refractivity (Wildman–Crippen MR) is 102 cm³/mol. The van der Waals surface area contributed by atoms with Crippen LogP contribution in [0.5, 0.6) is 0 Å². The molecule has 0 aliphatic rings. The maximum Gasteiger partial charge on any atom is 0.251 e. The van der Waals surface area contributed by atoms with E-state index >= 15 is 0 Å². The average molecular weight is 349 g/mol. The summed E-state index contributed by atoms with van der Waals surface area (Å²) in [5.74, 6) is 0.831. The first-order valence-electron chi connectivity index (χ1n) is 8.88. The van der Waals surface area contributed by atoms with E-state index in [1.165, 1.54) is 10.5 Å². The maximum atomic E-state index is 12.8. The fourth-order valence-corrected chi connectivity index (χ4v) is 3.08. The highest BCUT2D eigenvalue weighted by atomic mass is 16.3. The fourth-order valence-electron chi connectivity index (χ4n) is 3.08. The number of carbonyl (C=O) groups is 1. The van der Waals surface area contributed by atoms with Gasteiger partial charge in [-0.25, -0.2) is 0 Å². The lowest BCUT2D eigenvalue weighted by atomic mass is 9.99. The topological polar surface area (TPSA) is 46.7 Å². The van der Waals surface area contributed by atoms with E-state index in [0.717, 1.165) is 23.3 Å². The van der Waals surface area contributed by atoms with Crippen LogP contribution in [0.3, 0.4) is 0 Å². The van der Waals surface area contributed by atoms with Crippen molar-refractivity contribution >= 4 is 5.91 Å². The SMILES string of the molecule is C[NH+](C)[C@H](CNC(=O)c1ccccc1Cc1ccccc1)c1ccco1. The Kier molecular flexibility index (Phi) is 5.87. The van der Waals surface area contributed by atoms with Crippen molar-refractivity contribution < 1.29 is 14.1 Å². The first-order valence-corrected chi connectivity index (χ1v) is 8.88. The van der Waals surface area contributed by atoms with Gasteiger partial charge < -0.3 is 14.6 Å². The third-order valence-corrected chi connectivity index (χ3v) is 4.55. The molecule has 134 valence electrons. The highest BCUT2D eigenvalue weighted by Gasteiger charge is 2.22. The minimum Gasteiger partial charge on any atom is -0.463 e. The van der Waals surface area contributed by atoms with E-state index in [0.29, 0.717) is 6.54 Å². The van der Waals surface area contributed by atoms with Crippen LogP contribution >= 0.6 is 0 Å². The van der Waals surface area contributed by atoms with Gasteiger partial charge in [-0.1, -0.05) is 48.5 Å². The Balaban J connectivity index is 1.72. The second-order valence-electron chi connectivity index (χ2n) is 6.67. The summed E-state index contributed by atoms with van der Waals surface area (Å²) >= 11 is 0.